The van der Waals surface area contributed by atoms with E-state index >= 15 is 0 Å². The Bertz CT molecular complexity index is 1290. The molecule has 1 aromatic heterocycles. The monoisotopic (exact) mass is 511 g/mol. The summed E-state index contributed by atoms with van der Waals surface area (Å²) in [6, 6.07) is 15.9. The minimum atomic E-state index is -1.15. The third-order valence-corrected chi connectivity index (χ3v) is 7.04. The Labute approximate surface area is 213 Å². The zero-order valence-corrected chi connectivity index (χ0v) is 21.8. The number of hydrogen-bond donors (Lipinski definition) is 0. The first-order valence-electron chi connectivity index (χ1n) is 11.2. The first-order valence-corrected chi connectivity index (χ1v) is 12.4. The summed E-state index contributed by atoms with van der Waals surface area (Å²) < 4.78 is 17.1. The van der Waals surface area contributed by atoms with Crippen molar-refractivity contribution >= 4 is 40.4 Å². The van der Waals surface area contributed by atoms with Crippen LogP contribution in [0.3, 0.4) is 0 Å². The van der Waals surface area contributed by atoms with Crippen LogP contribution in [-0.4, -0.2) is 28.1 Å². The van der Waals surface area contributed by atoms with Gasteiger partial charge in [0, 0.05) is 15.5 Å². The van der Waals surface area contributed by atoms with E-state index in [4.69, 9.17) is 30.8 Å². The highest BCUT2D eigenvalue weighted by Crippen LogP contribution is 2.44. The third kappa shape index (κ3) is 5.17. The molecule has 0 radical (unpaired) electrons. The minimum Gasteiger partial charge on any atom is -0.395 e. The molecule has 35 heavy (non-hydrogen) atoms. The van der Waals surface area contributed by atoms with E-state index in [1.54, 1.807) is 64.1 Å². The molecule has 0 spiro atoms. The van der Waals surface area contributed by atoms with Crippen LogP contribution < -0.4 is 4.74 Å². The summed E-state index contributed by atoms with van der Waals surface area (Å²) in [6.07, 6.45) is -0.319. The fourth-order valence-corrected chi connectivity index (χ4v) is 5.16. The van der Waals surface area contributed by atoms with Gasteiger partial charge >= 0.3 is 6.16 Å². The summed E-state index contributed by atoms with van der Waals surface area (Å²) >= 11 is 7.53. The molecule has 0 saturated carbocycles. The van der Waals surface area contributed by atoms with Gasteiger partial charge in [0.25, 0.3) is 0 Å². The topological polar surface area (TPSA) is 74.7 Å². The third-order valence-electron chi connectivity index (χ3n) is 5.53. The molecule has 0 saturated heterocycles. The molecule has 3 aromatic rings. The van der Waals surface area contributed by atoms with Crippen molar-refractivity contribution in [3.63, 3.8) is 0 Å². The highest BCUT2D eigenvalue weighted by atomic mass is 35.5. The van der Waals surface area contributed by atoms with Gasteiger partial charge in [0.15, 0.2) is 11.5 Å². The number of ether oxygens (including phenoxy) is 3. The predicted molar refractivity (Wildman–Crippen MR) is 137 cm³/mol. The number of ketones is 1. The van der Waals surface area contributed by atoms with Gasteiger partial charge in [0.05, 0.1) is 11.3 Å². The maximum Gasteiger partial charge on any atom is 0.519 e. The smallest absolute Gasteiger partial charge is 0.395 e. The zero-order valence-electron chi connectivity index (χ0n) is 20.2. The van der Waals surface area contributed by atoms with Crippen LogP contribution in [0.4, 0.5) is 4.79 Å². The number of benzene rings is 2. The average Bonchev–Trinajstić information content (AvgIpc) is 3.22. The van der Waals surface area contributed by atoms with Gasteiger partial charge in [-0.3, -0.25) is 4.79 Å². The molecule has 8 heteroatoms. The first-order chi connectivity index (χ1) is 16.5. The SMILES string of the molecule is CCc1sc(-c2ccc(Cl)cc2)nc1C1=C(OC(=O)Oc2ccccc2)C(C)(C)OC(C)(C)C1=O. The molecular formula is C27H26ClNO5S. The lowest BCUT2D eigenvalue weighted by Crippen LogP contribution is -2.50. The lowest BCUT2D eigenvalue weighted by Gasteiger charge is -2.41. The quantitative estimate of drug-likeness (QED) is 0.268. The van der Waals surface area contributed by atoms with Gasteiger partial charge in [-0.2, -0.15) is 0 Å². The van der Waals surface area contributed by atoms with E-state index in [9.17, 15) is 9.59 Å². The molecule has 0 bridgehead atoms. The number of aryl methyl sites for hydroxylation is 1. The van der Waals surface area contributed by atoms with Crippen LogP contribution >= 0.6 is 22.9 Å². The van der Waals surface area contributed by atoms with E-state index in [1.165, 1.54) is 11.3 Å². The molecule has 182 valence electrons. The second-order valence-electron chi connectivity index (χ2n) is 9.07. The van der Waals surface area contributed by atoms with Crippen molar-refractivity contribution in [3.05, 3.63) is 76.0 Å². The molecule has 4 rings (SSSR count). The van der Waals surface area contributed by atoms with Gasteiger partial charge in [-0.1, -0.05) is 48.9 Å². The Morgan fingerprint density at radius 1 is 1.00 bits per heavy atom. The van der Waals surface area contributed by atoms with Gasteiger partial charge in [-0.05, 0) is 58.4 Å². The van der Waals surface area contributed by atoms with Crippen LogP contribution in [-0.2, 0) is 20.7 Å². The van der Waals surface area contributed by atoms with Crippen LogP contribution in [0, 0.1) is 0 Å². The fraction of sp³-hybridized carbons (Fsp3) is 0.296. The van der Waals surface area contributed by atoms with Crippen LogP contribution in [0.1, 0.15) is 45.2 Å². The molecular weight excluding hydrogens is 486 g/mol. The number of carbonyl (C=O) groups excluding carboxylic acids is 2. The average molecular weight is 512 g/mol. The molecule has 6 nitrogen and oxygen atoms in total. The highest BCUT2D eigenvalue weighted by Gasteiger charge is 2.50. The van der Waals surface area contributed by atoms with Crippen molar-refractivity contribution in [1.29, 1.82) is 0 Å². The number of hydrogen-bond acceptors (Lipinski definition) is 7. The van der Waals surface area contributed by atoms with Crippen LogP contribution in [0.5, 0.6) is 5.75 Å². The number of halogens is 1. The summed E-state index contributed by atoms with van der Waals surface area (Å²) in [5.74, 6) is 0.0844. The summed E-state index contributed by atoms with van der Waals surface area (Å²) in [5.41, 5.74) is -0.657. The van der Waals surface area contributed by atoms with Crippen molar-refractivity contribution in [2.45, 2.75) is 52.2 Å². The largest absolute Gasteiger partial charge is 0.519 e. The molecule has 2 aromatic carbocycles. The maximum absolute atomic E-state index is 13.7. The number of nitrogens with zero attached hydrogens (tertiary/aromatic N) is 1. The predicted octanol–water partition coefficient (Wildman–Crippen LogP) is 7.11. The van der Waals surface area contributed by atoms with Crippen molar-refractivity contribution in [2.75, 3.05) is 0 Å². The minimum absolute atomic E-state index is 0.0745. The number of thiazole rings is 1. The standard InChI is InChI=1S/C27H26ClNO5S/c1-6-19-21(29-24(35-19)16-12-14-17(28)15-13-16)20-22(30)26(2,3)34-27(4,5)23(20)33-25(31)32-18-10-8-7-9-11-18/h7-15H,6H2,1-5H3. The van der Waals surface area contributed by atoms with Crippen LogP contribution in [0.15, 0.2) is 60.4 Å². The molecule has 0 fully saturated rings. The molecule has 1 aliphatic heterocycles. The van der Waals surface area contributed by atoms with Gasteiger partial charge in [-0.25, -0.2) is 9.78 Å². The lowest BCUT2D eigenvalue weighted by atomic mass is 9.84. The highest BCUT2D eigenvalue weighted by molar-refractivity contribution is 7.15. The molecule has 0 N–H and O–H groups in total. The van der Waals surface area contributed by atoms with Gasteiger partial charge < -0.3 is 14.2 Å². The second-order valence-corrected chi connectivity index (χ2v) is 10.6. The van der Waals surface area contributed by atoms with E-state index < -0.39 is 17.4 Å². The van der Waals surface area contributed by atoms with Crippen molar-refractivity contribution in [1.82, 2.24) is 4.98 Å². The summed E-state index contributed by atoms with van der Waals surface area (Å²) in [5, 5.41) is 1.36. The Balaban J connectivity index is 1.84. The van der Waals surface area contributed by atoms with Crippen LogP contribution in [0.25, 0.3) is 16.1 Å². The summed E-state index contributed by atoms with van der Waals surface area (Å²) in [7, 11) is 0. The number of rotatable bonds is 5. The van der Waals surface area contributed by atoms with E-state index in [1.807, 2.05) is 25.1 Å². The molecule has 1 aliphatic rings. The maximum atomic E-state index is 13.7. The molecule has 0 amide bonds. The van der Waals surface area contributed by atoms with Crippen molar-refractivity contribution < 1.29 is 23.8 Å². The van der Waals surface area contributed by atoms with Crippen molar-refractivity contribution in [3.8, 4) is 16.3 Å². The normalized spacial score (nSPS) is 16.8. The fourth-order valence-electron chi connectivity index (χ4n) is 4.02. The summed E-state index contributed by atoms with van der Waals surface area (Å²) in [6.45, 7) is 8.91. The number of Topliss-reactive ketones (excluding diaryl/α,β-unsaturated/α-hetero) is 1. The Hall–Kier alpha value is -3.00. The Morgan fingerprint density at radius 3 is 2.29 bits per heavy atom. The van der Waals surface area contributed by atoms with Crippen LogP contribution in [0.2, 0.25) is 5.02 Å². The lowest BCUT2D eigenvalue weighted by molar-refractivity contribution is -0.158. The molecule has 2 heterocycles. The zero-order chi connectivity index (χ0) is 25.4. The summed E-state index contributed by atoms with van der Waals surface area (Å²) in [4.78, 5) is 32.2. The Kier molecular flexibility index (Phi) is 6.86. The number of aromatic nitrogens is 1. The van der Waals surface area contributed by atoms with Gasteiger partial charge in [-0.15, -0.1) is 11.3 Å². The number of para-hydroxylation sites is 1. The van der Waals surface area contributed by atoms with Crippen molar-refractivity contribution in [2.24, 2.45) is 0 Å². The second kappa shape index (κ2) is 9.57. The van der Waals surface area contributed by atoms with E-state index in [0.29, 0.717) is 22.9 Å². The van der Waals surface area contributed by atoms with Gasteiger partial charge in [0.2, 0.25) is 0 Å². The number of carbonyl (C=O) groups is 2. The van der Waals surface area contributed by atoms with E-state index in [2.05, 4.69) is 0 Å². The van der Waals surface area contributed by atoms with E-state index in [0.717, 1.165) is 15.4 Å². The van der Waals surface area contributed by atoms with E-state index in [-0.39, 0.29) is 17.1 Å². The molecule has 0 atom stereocenters. The first kappa shape index (κ1) is 25.1. The molecule has 0 unspecified atom stereocenters. The van der Waals surface area contributed by atoms with Gasteiger partial charge in [0.1, 0.15) is 22.0 Å². The molecule has 0 aliphatic carbocycles. The Morgan fingerprint density at radius 2 is 1.66 bits per heavy atom.